The van der Waals surface area contributed by atoms with Crippen LogP contribution in [0.2, 0.25) is 0 Å². The first kappa shape index (κ1) is 11.6. The van der Waals surface area contributed by atoms with Gasteiger partial charge in [0.1, 0.15) is 0 Å². The van der Waals surface area contributed by atoms with Crippen molar-refractivity contribution in [1.29, 1.82) is 0 Å². The average Bonchev–Trinajstić information content (AvgIpc) is 2.80. The van der Waals surface area contributed by atoms with Crippen molar-refractivity contribution in [2.75, 3.05) is 24.7 Å². The molecule has 6 heteroatoms. The number of carbonyl (C=O) groups excluding carboxylic acids is 1. The lowest BCUT2D eigenvalue weighted by Gasteiger charge is -2.20. The Bertz CT molecular complexity index is 609. The third-order valence-electron chi connectivity index (χ3n) is 3.26. The lowest BCUT2D eigenvalue weighted by molar-refractivity contribution is -0.119. The van der Waals surface area contributed by atoms with E-state index in [4.69, 9.17) is 0 Å². The predicted molar refractivity (Wildman–Crippen MR) is 73.1 cm³/mol. The summed E-state index contributed by atoms with van der Waals surface area (Å²) in [6, 6.07) is 3.94. The van der Waals surface area contributed by atoms with Crippen LogP contribution in [0.3, 0.4) is 0 Å². The van der Waals surface area contributed by atoms with Crippen molar-refractivity contribution in [1.82, 2.24) is 15.5 Å². The van der Waals surface area contributed by atoms with E-state index in [1.165, 1.54) is 0 Å². The molecule has 2 aromatic rings. The summed E-state index contributed by atoms with van der Waals surface area (Å²) in [7, 11) is 3.64. The monoisotopic (exact) mass is 262 g/mol. The zero-order chi connectivity index (χ0) is 12.7. The van der Waals surface area contributed by atoms with Crippen molar-refractivity contribution in [2.45, 2.75) is 10.9 Å². The maximum Gasteiger partial charge on any atom is 0.244 e. The smallest absolute Gasteiger partial charge is 0.244 e. The normalized spacial score (nSPS) is 20.0. The first-order valence-corrected chi connectivity index (χ1v) is 6.74. The molecule has 18 heavy (non-hydrogen) atoms. The van der Waals surface area contributed by atoms with Crippen LogP contribution in [-0.4, -0.2) is 42.0 Å². The molecule has 1 aliphatic rings. The van der Waals surface area contributed by atoms with E-state index in [1.807, 2.05) is 20.2 Å². The van der Waals surface area contributed by atoms with Gasteiger partial charge in [0.15, 0.2) is 0 Å². The van der Waals surface area contributed by atoms with Crippen molar-refractivity contribution in [2.24, 2.45) is 0 Å². The first-order valence-electron chi connectivity index (χ1n) is 5.75. The fraction of sp³-hybridized carbons (Fsp3) is 0.333. The van der Waals surface area contributed by atoms with Crippen LogP contribution in [0.15, 0.2) is 23.2 Å². The van der Waals surface area contributed by atoms with Gasteiger partial charge in [0.2, 0.25) is 5.91 Å². The molecule has 0 fully saturated rings. The Balaban J connectivity index is 2.13. The van der Waals surface area contributed by atoms with Gasteiger partial charge in [-0.05, 0) is 19.2 Å². The first-order chi connectivity index (χ1) is 8.70. The molecule has 1 aromatic carbocycles. The van der Waals surface area contributed by atoms with Gasteiger partial charge >= 0.3 is 0 Å². The Labute approximate surface area is 109 Å². The number of amides is 1. The Hall–Kier alpha value is -1.53. The van der Waals surface area contributed by atoms with Gasteiger partial charge in [0, 0.05) is 23.1 Å². The molecule has 2 heterocycles. The molecule has 0 radical (unpaired) electrons. The number of hydrogen-bond acceptors (Lipinski definition) is 4. The Morgan fingerprint density at radius 3 is 3.17 bits per heavy atom. The molecule has 1 atom stereocenters. The number of thioether (sulfide) groups is 1. The molecule has 0 saturated heterocycles. The van der Waals surface area contributed by atoms with Crippen LogP contribution in [0.5, 0.6) is 0 Å². The summed E-state index contributed by atoms with van der Waals surface area (Å²) in [5.41, 5.74) is 1.96. The number of H-pyrrole nitrogens is 1. The number of anilines is 1. The van der Waals surface area contributed by atoms with Crippen molar-refractivity contribution in [3.63, 3.8) is 0 Å². The highest BCUT2D eigenvalue weighted by Crippen LogP contribution is 2.36. The van der Waals surface area contributed by atoms with Crippen LogP contribution in [0.4, 0.5) is 5.69 Å². The molecule has 0 aliphatic carbocycles. The lowest BCUT2D eigenvalue weighted by atomic mass is 10.2. The number of nitrogens with zero attached hydrogens (tertiary/aromatic N) is 2. The Morgan fingerprint density at radius 2 is 2.39 bits per heavy atom. The SMILES string of the molecule is CN[C@H]1CSc2cc3[nH]ncc3cc2N(C)C1=O. The zero-order valence-corrected chi connectivity index (χ0v) is 11.0. The predicted octanol–water partition coefficient (Wildman–Crippen LogP) is 1.22. The third-order valence-corrected chi connectivity index (χ3v) is 4.40. The minimum atomic E-state index is -0.135. The number of aromatic amines is 1. The molecule has 94 valence electrons. The Morgan fingerprint density at radius 1 is 1.56 bits per heavy atom. The molecular formula is C12H14N4OS. The van der Waals surface area contributed by atoms with E-state index in [2.05, 4.69) is 21.6 Å². The second-order valence-electron chi connectivity index (χ2n) is 4.33. The summed E-state index contributed by atoms with van der Waals surface area (Å²) in [5.74, 6) is 0.846. The van der Waals surface area contributed by atoms with Gasteiger partial charge in [-0.3, -0.25) is 9.89 Å². The van der Waals surface area contributed by atoms with Crippen LogP contribution >= 0.6 is 11.8 Å². The number of likely N-dealkylation sites (N-methyl/N-ethyl adjacent to an activating group) is 2. The molecule has 0 unspecified atom stereocenters. The van der Waals surface area contributed by atoms with Crippen LogP contribution in [0.25, 0.3) is 10.9 Å². The zero-order valence-electron chi connectivity index (χ0n) is 10.2. The Kier molecular flexibility index (Phi) is 2.76. The molecule has 1 aliphatic heterocycles. The molecule has 1 aromatic heterocycles. The van der Waals surface area contributed by atoms with Gasteiger partial charge in [-0.25, -0.2) is 0 Å². The van der Waals surface area contributed by atoms with Crippen LogP contribution < -0.4 is 10.2 Å². The minimum Gasteiger partial charge on any atom is -0.313 e. The van der Waals surface area contributed by atoms with Gasteiger partial charge in [0.25, 0.3) is 0 Å². The van der Waals surface area contributed by atoms with Crippen LogP contribution in [-0.2, 0) is 4.79 Å². The average molecular weight is 262 g/mol. The number of carbonyl (C=O) groups is 1. The standard InChI is InChI=1S/C12H14N4OS/c1-13-9-6-18-11-4-8-7(5-14-15-8)3-10(11)16(2)12(9)17/h3-5,9,13H,6H2,1-2H3,(H,14,15)/t9-/m0/s1. The molecule has 2 N–H and O–H groups in total. The fourth-order valence-corrected chi connectivity index (χ4v) is 3.34. The summed E-state index contributed by atoms with van der Waals surface area (Å²) < 4.78 is 0. The van der Waals surface area contributed by atoms with E-state index in [9.17, 15) is 4.79 Å². The summed E-state index contributed by atoms with van der Waals surface area (Å²) in [5, 5.41) is 11.1. The lowest BCUT2D eigenvalue weighted by Crippen LogP contribution is -2.44. The summed E-state index contributed by atoms with van der Waals surface area (Å²) in [6.07, 6.45) is 1.78. The van der Waals surface area contributed by atoms with Crippen molar-refractivity contribution < 1.29 is 4.79 Å². The summed E-state index contributed by atoms with van der Waals surface area (Å²) >= 11 is 1.70. The van der Waals surface area contributed by atoms with E-state index >= 15 is 0 Å². The molecule has 0 saturated carbocycles. The minimum absolute atomic E-state index is 0.103. The molecule has 0 spiro atoms. The van der Waals surface area contributed by atoms with Gasteiger partial charge in [-0.2, -0.15) is 5.10 Å². The van der Waals surface area contributed by atoms with Crippen molar-refractivity contribution >= 4 is 34.3 Å². The van der Waals surface area contributed by atoms with E-state index < -0.39 is 0 Å². The number of nitrogens with one attached hydrogen (secondary N) is 2. The molecule has 1 amide bonds. The highest BCUT2D eigenvalue weighted by Gasteiger charge is 2.27. The van der Waals surface area contributed by atoms with Crippen LogP contribution in [0.1, 0.15) is 0 Å². The second kappa shape index (κ2) is 4.29. The maximum absolute atomic E-state index is 12.2. The van der Waals surface area contributed by atoms with Gasteiger partial charge in [-0.15, -0.1) is 11.8 Å². The summed E-state index contributed by atoms with van der Waals surface area (Å²) in [4.78, 5) is 15.1. The number of hydrogen-bond donors (Lipinski definition) is 2. The van der Waals surface area contributed by atoms with E-state index in [0.717, 1.165) is 27.2 Å². The largest absolute Gasteiger partial charge is 0.313 e. The van der Waals surface area contributed by atoms with E-state index in [0.29, 0.717) is 0 Å². The maximum atomic E-state index is 12.2. The van der Waals surface area contributed by atoms with Gasteiger partial charge in [-0.1, -0.05) is 0 Å². The number of fused-ring (bicyclic) bond motifs is 2. The third kappa shape index (κ3) is 1.69. The molecule has 3 rings (SSSR count). The summed E-state index contributed by atoms with van der Waals surface area (Å²) in [6.45, 7) is 0. The van der Waals surface area contributed by atoms with Gasteiger partial charge < -0.3 is 10.2 Å². The number of benzene rings is 1. The van der Waals surface area contributed by atoms with Gasteiger partial charge in [0.05, 0.1) is 23.4 Å². The van der Waals surface area contributed by atoms with E-state index in [-0.39, 0.29) is 11.9 Å². The quantitative estimate of drug-likeness (QED) is 0.811. The molecule has 5 nitrogen and oxygen atoms in total. The fourth-order valence-electron chi connectivity index (χ4n) is 2.14. The highest BCUT2D eigenvalue weighted by molar-refractivity contribution is 7.99. The van der Waals surface area contributed by atoms with Crippen LogP contribution in [0, 0.1) is 0 Å². The number of rotatable bonds is 1. The number of aromatic nitrogens is 2. The second-order valence-corrected chi connectivity index (χ2v) is 5.39. The van der Waals surface area contributed by atoms with Crippen molar-refractivity contribution in [3.05, 3.63) is 18.3 Å². The molecular weight excluding hydrogens is 248 g/mol. The van der Waals surface area contributed by atoms with E-state index in [1.54, 1.807) is 22.9 Å². The topological polar surface area (TPSA) is 61.0 Å². The molecule has 0 bridgehead atoms. The van der Waals surface area contributed by atoms with Crippen molar-refractivity contribution in [3.8, 4) is 0 Å². The highest BCUT2D eigenvalue weighted by atomic mass is 32.2.